The number of methoxy groups -OCH3 is 1. The van der Waals surface area contributed by atoms with Crippen LogP contribution < -0.4 is 19.8 Å². The highest BCUT2D eigenvalue weighted by molar-refractivity contribution is 9.10. The number of ether oxygens (including phenoxy) is 3. The van der Waals surface area contributed by atoms with E-state index in [-0.39, 0.29) is 18.0 Å². The molecule has 5 aromatic rings. The van der Waals surface area contributed by atoms with E-state index in [0.717, 1.165) is 5.39 Å². The molecular weight excluding hydrogens is 586 g/mol. The van der Waals surface area contributed by atoms with Crippen molar-refractivity contribution in [3.8, 4) is 28.8 Å². The Kier molecular flexibility index (Phi) is 7.72. The summed E-state index contributed by atoms with van der Waals surface area (Å²) in [4.78, 5) is 18.4. The maximum atomic E-state index is 13.6. The Balaban J connectivity index is 1.69. The van der Waals surface area contributed by atoms with Crippen LogP contribution in [0.15, 0.2) is 86.0 Å². The normalized spacial score (nSPS) is 11.4. The molecule has 0 N–H and O–H groups in total. The molecule has 0 bridgehead atoms. The molecule has 5 rings (SSSR count). The second-order valence-corrected chi connectivity index (χ2v) is 9.42. The van der Waals surface area contributed by atoms with E-state index in [0.29, 0.717) is 61.2 Å². The summed E-state index contributed by atoms with van der Waals surface area (Å²) in [5.74, 6) is 2.04. The van der Waals surface area contributed by atoms with E-state index < -0.39 is 0 Å². The first-order valence-electron chi connectivity index (χ1n) is 12.0. The average molecular weight is 609 g/mol. The Morgan fingerprint density at radius 1 is 1.13 bits per heavy atom. The molecule has 10 heteroatoms. The number of aromatic nitrogens is 2. The number of nitrogens with zero attached hydrogens (tertiary/aromatic N) is 3. The number of fused-ring (bicyclic) bond motifs is 2. The fourth-order valence-corrected chi connectivity index (χ4v) is 4.72. The first kappa shape index (κ1) is 26.5. The second kappa shape index (κ2) is 11.3. The van der Waals surface area contributed by atoms with Crippen molar-refractivity contribution in [2.45, 2.75) is 6.92 Å². The number of hydrogen-bond acceptors (Lipinski definition) is 7. The molecule has 8 nitrogen and oxygen atoms in total. The van der Waals surface area contributed by atoms with Crippen molar-refractivity contribution in [3.05, 3.63) is 92.7 Å². The largest absolute Gasteiger partial charge is 0.496 e. The minimum atomic E-state index is -0.363. The SMILES string of the molecule is C=CCOc1c(OCC)cc(C=Nn2c(-c3cc4c(OC)cccc4o3)nc3ccccc3c2=O)c(Br)c1Cl. The third-order valence-corrected chi connectivity index (χ3v) is 7.27. The van der Waals surface area contributed by atoms with E-state index in [4.69, 9.17) is 35.2 Å². The molecule has 0 unspecified atom stereocenters. The van der Waals surface area contributed by atoms with Gasteiger partial charge in [-0.15, -0.1) is 0 Å². The molecule has 0 aliphatic heterocycles. The van der Waals surface area contributed by atoms with E-state index in [9.17, 15) is 4.79 Å². The smallest absolute Gasteiger partial charge is 0.282 e. The zero-order valence-electron chi connectivity index (χ0n) is 21.1. The molecular formula is C29H23BrClN3O5. The summed E-state index contributed by atoms with van der Waals surface area (Å²) in [6.45, 7) is 6.18. The first-order valence-corrected chi connectivity index (χ1v) is 13.2. The summed E-state index contributed by atoms with van der Waals surface area (Å²) in [5.41, 5.74) is 1.31. The van der Waals surface area contributed by atoms with Crippen molar-refractivity contribution in [2.75, 3.05) is 20.3 Å². The molecule has 2 aromatic heterocycles. The van der Waals surface area contributed by atoms with Gasteiger partial charge in [0.25, 0.3) is 5.56 Å². The fourth-order valence-electron chi connectivity index (χ4n) is 4.07. The van der Waals surface area contributed by atoms with Crippen molar-refractivity contribution >= 4 is 55.6 Å². The van der Waals surface area contributed by atoms with Gasteiger partial charge in [-0.1, -0.05) is 42.5 Å². The lowest BCUT2D eigenvalue weighted by Crippen LogP contribution is -2.20. The predicted molar refractivity (Wildman–Crippen MR) is 157 cm³/mol. The number of benzene rings is 3. The third-order valence-electron chi connectivity index (χ3n) is 5.83. The maximum Gasteiger partial charge on any atom is 0.282 e. The average Bonchev–Trinajstić information content (AvgIpc) is 3.39. The van der Waals surface area contributed by atoms with Gasteiger partial charge < -0.3 is 18.6 Å². The zero-order valence-corrected chi connectivity index (χ0v) is 23.5. The summed E-state index contributed by atoms with van der Waals surface area (Å²) in [6.07, 6.45) is 3.12. The molecule has 0 fully saturated rings. The van der Waals surface area contributed by atoms with Gasteiger partial charge in [-0.05, 0) is 59.3 Å². The van der Waals surface area contributed by atoms with E-state index in [1.807, 2.05) is 31.2 Å². The summed E-state index contributed by atoms with van der Waals surface area (Å²) >= 11 is 10.1. The lowest BCUT2D eigenvalue weighted by molar-refractivity contribution is 0.297. The minimum Gasteiger partial charge on any atom is -0.496 e. The molecule has 39 heavy (non-hydrogen) atoms. The Labute approximate surface area is 237 Å². The van der Waals surface area contributed by atoms with Crippen LogP contribution in [0.5, 0.6) is 17.2 Å². The molecule has 2 heterocycles. The summed E-state index contributed by atoms with van der Waals surface area (Å²) in [7, 11) is 1.59. The highest BCUT2D eigenvalue weighted by Gasteiger charge is 2.20. The molecule has 0 aliphatic carbocycles. The monoisotopic (exact) mass is 607 g/mol. The summed E-state index contributed by atoms with van der Waals surface area (Å²) < 4.78 is 24.8. The van der Waals surface area contributed by atoms with Gasteiger partial charge in [0.15, 0.2) is 17.3 Å². The van der Waals surface area contributed by atoms with Gasteiger partial charge in [0.05, 0.1) is 36.2 Å². The van der Waals surface area contributed by atoms with E-state index >= 15 is 0 Å². The van der Waals surface area contributed by atoms with E-state index in [2.05, 4.69) is 27.6 Å². The van der Waals surface area contributed by atoms with Crippen LogP contribution >= 0.6 is 27.5 Å². The quantitative estimate of drug-likeness (QED) is 0.131. The maximum absolute atomic E-state index is 13.6. The van der Waals surface area contributed by atoms with Crippen LogP contribution in [-0.4, -0.2) is 36.2 Å². The van der Waals surface area contributed by atoms with Crippen LogP contribution in [0, 0.1) is 0 Å². The third kappa shape index (κ3) is 5.03. The van der Waals surface area contributed by atoms with Gasteiger partial charge in [-0.2, -0.15) is 9.78 Å². The standard InChI is InChI=1S/C29H23BrClN3O5/c1-4-13-38-27-23(37-5-2)14-17(25(30)26(27)31)16-32-34-28(33-20-10-7-6-9-18(20)29(34)35)24-15-19-21(36-3)11-8-12-22(19)39-24/h4,6-12,14-16H,1,5,13H2,2-3H3. The number of rotatable bonds is 9. The minimum absolute atomic E-state index is 0.228. The number of halogens is 2. The van der Waals surface area contributed by atoms with Gasteiger partial charge in [0.2, 0.25) is 5.82 Å². The Bertz CT molecular complexity index is 1790. The molecule has 0 saturated carbocycles. The molecule has 0 saturated heterocycles. The van der Waals surface area contributed by atoms with Crippen LogP contribution in [0.4, 0.5) is 0 Å². The van der Waals surface area contributed by atoms with Crippen molar-refractivity contribution in [3.63, 3.8) is 0 Å². The van der Waals surface area contributed by atoms with Gasteiger partial charge in [-0.3, -0.25) is 4.79 Å². The van der Waals surface area contributed by atoms with Crippen LogP contribution in [0.25, 0.3) is 33.5 Å². The van der Waals surface area contributed by atoms with Gasteiger partial charge >= 0.3 is 0 Å². The highest BCUT2D eigenvalue weighted by Crippen LogP contribution is 2.42. The van der Waals surface area contributed by atoms with Crippen LogP contribution in [0.1, 0.15) is 12.5 Å². The van der Waals surface area contributed by atoms with Gasteiger partial charge in [0, 0.05) is 10.0 Å². The number of para-hydroxylation sites is 1. The Morgan fingerprint density at radius 3 is 2.72 bits per heavy atom. The molecule has 3 aromatic carbocycles. The molecule has 0 amide bonds. The zero-order chi connectivity index (χ0) is 27.5. The Hall–Kier alpha value is -4.08. The first-order chi connectivity index (χ1) is 19.0. The van der Waals surface area contributed by atoms with Crippen molar-refractivity contribution in [1.29, 1.82) is 0 Å². The van der Waals surface area contributed by atoms with Crippen LogP contribution in [0.3, 0.4) is 0 Å². The lowest BCUT2D eigenvalue weighted by Gasteiger charge is -2.15. The van der Waals surface area contributed by atoms with Crippen molar-refractivity contribution in [1.82, 2.24) is 9.66 Å². The second-order valence-electron chi connectivity index (χ2n) is 8.25. The molecule has 0 aliphatic rings. The molecule has 0 spiro atoms. The molecule has 0 atom stereocenters. The van der Waals surface area contributed by atoms with Crippen LogP contribution in [-0.2, 0) is 0 Å². The van der Waals surface area contributed by atoms with Gasteiger partial charge in [0.1, 0.15) is 23.0 Å². The topological polar surface area (TPSA) is 88.1 Å². The molecule has 198 valence electrons. The van der Waals surface area contributed by atoms with Crippen molar-refractivity contribution in [2.24, 2.45) is 5.10 Å². The summed E-state index contributed by atoms with van der Waals surface area (Å²) in [5, 5.41) is 6.00. The van der Waals surface area contributed by atoms with Gasteiger partial charge in [-0.25, -0.2) is 4.98 Å². The van der Waals surface area contributed by atoms with Crippen molar-refractivity contribution < 1.29 is 18.6 Å². The fraction of sp³-hybridized carbons (Fsp3) is 0.138. The number of furan rings is 1. The van der Waals surface area contributed by atoms with Crippen LogP contribution in [0.2, 0.25) is 5.02 Å². The Morgan fingerprint density at radius 2 is 1.95 bits per heavy atom. The predicted octanol–water partition coefficient (Wildman–Crippen LogP) is 7.08. The summed E-state index contributed by atoms with van der Waals surface area (Å²) in [6, 6.07) is 16.1. The van der Waals surface area contributed by atoms with E-state index in [1.54, 1.807) is 43.5 Å². The number of hydrogen-bond donors (Lipinski definition) is 0. The molecule has 0 radical (unpaired) electrons. The lowest BCUT2D eigenvalue weighted by atomic mass is 10.2. The highest BCUT2D eigenvalue weighted by atomic mass is 79.9. The van der Waals surface area contributed by atoms with E-state index in [1.165, 1.54) is 10.9 Å².